The molecule has 0 radical (unpaired) electrons. The number of carbonyl (C=O) groups excluding carboxylic acids is 1. The molecule has 1 N–H and O–H groups in total. The summed E-state index contributed by atoms with van der Waals surface area (Å²) in [6.07, 6.45) is 3.32. The molecule has 1 aliphatic rings. The Labute approximate surface area is 137 Å². The summed E-state index contributed by atoms with van der Waals surface area (Å²) in [5, 5.41) is 9.28. The van der Waals surface area contributed by atoms with Crippen LogP contribution in [0.25, 0.3) is 0 Å². The van der Waals surface area contributed by atoms with Gasteiger partial charge in [0.2, 0.25) is 5.91 Å². The second-order valence-electron chi connectivity index (χ2n) is 4.99. The van der Waals surface area contributed by atoms with Crippen LogP contribution in [-0.4, -0.2) is 40.2 Å². The molecule has 0 bridgehead atoms. The summed E-state index contributed by atoms with van der Waals surface area (Å²) >= 11 is 8.88. The Morgan fingerprint density at radius 3 is 2.86 bits per heavy atom. The lowest BCUT2D eigenvalue weighted by Crippen LogP contribution is -2.45. The molecule has 0 aromatic carbocycles. The smallest absolute Gasteiger partial charge is 0.326 e. The first-order valence-electron chi connectivity index (χ1n) is 6.92. The van der Waals surface area contributed by atoms with Gasteiger partial charge in [0.05, 0.1) is 10.1 Å². The average Bonchev–Trinajstić information content (AvgIpc) is 2.72. The van der Waals surface area contributed by atoms with Gasteiger partial charge in [-0.1, -0.05) is 24.4 Å². The van der Waals surface area contributed by atoms with Crippen LogP contribution in [0.15, 0.2) is 12.1 Å². The lowest BCUT2D eigenvalue weighted by atomic mass is 10.1. The van der Waals surface area contributed by atoms with Gasteiger partial charge in [-0.05, 0) is 25.0 Å². The first-order valence-corrected chi connectivity index (χ1v) is 9.27. The summed E-state index contributed by atoms with van der Waals surface area (Å²) in [7, 11) is 0. The fourth-order valence-electron chi connectivity index (χ4n) is 2.41. The van der Waals surface area contributed by atoms with Crippen LogP contribution in [0.2, 0.25) is 4.34 Å². The van der Waals surface area contributed by atoms with E-state index >= 15 is 0 Å². The number of carboxylic acid groups (broad SMARTS) is 1. The fraction of sp³-hybridized carbons (Fsp3) is 0.571. The molecule has 1 aromatic rings. The standard InChI is InChI=1S/C14H18ClNO3S2/c15-12-6-5-10(21-12)8-20-9-13(17)16-7-3-1-2-4-11(16)14(18)19/h5-6,11H,1-4,7-9H2,(H,18,19). The molecular formula is C14H18ClNO3S2. The number of likely N-dealkylation sites (tertiary alicyclic amines) is 1. The van der Waals surface area contributed by atoms with Crippen molar-refractivity contribution in [3.8, 4) is 0 Å². The number of hydrogen-bond donors (Lipinski definition) is 1. The number of thioether (sulfide) groups is 1. The largest absolute Gasteiger partial charge is 0.480 e. The van der Waals surface area contributed by atoms with Crippen molar-refractivity contribution in [2.75, 3.05) is 12.3 Å². The van der Waals surface area contributed by atoms with Crippen molar-refractivity contribution in [1.82, 2.24) is 4.90 Å². The van der Waals surface area contributed by atoms with E-state index in [4.69, 9.17) is 11.6 Å². The van der Waals surface area contributed by atoms with Crippen LogP contribution in [0, 0.1) is 0 Å². The summed E-state index contributed by atoms with van der Waals surface area (Å²) in [6.45, 7) is 0.557. The molecule has 21 heavy (non-hydrogen) atoms. The molecule has 1 atom stereocenters. The third-order valence-corrected chi connectivity index (χ3v) is 5.84. The predicted molar refractivity (Wildman–Crippen MR) is 87.1 cm³/mol. The summed E-state index contributed by atoms with van der Waals surface area (Å²) < 4.78 is 0.746. The minimum Gasteiger partial charge on any atom is -0.480 e. The number of nitrogens with zero attached hydrogens (tertiary/aromatic N) is 1. The molecule has 0 aliphatic carbocycles. The van der Waals surface area contributed by atoms with Crippen molar-refractivity contribution < 1.29 is 14.7 Å². The summed E-state index contributed by atoms with van der Waals surface area (Å²) in [5.74, 6) is 0.0887. The van der Waals surface area contributed by atoms with E-state index < -0.39 is 12.0 Å². The van der Waals surface area contributed by atoms with Crippen molar-refractivity contribution >= 4 is 46.6 Å². The number of aliphatic carboxylic acids is 1. The molecule has 0 spiro atoms. The van der Waals surface area contributed by atoms with E-state index in [0.717, 1.165) is 34.2 Å². The van der Waals surface area contributed by atoms with Crippen LogP contribution < -0.4 is 0 Å². The molecule has 1 aromatic heterocycles. The Morgan fingerprint density at radius 2 is 2.19 bits per heavy atom. The monoisotopic (exact) mass is 347 g/mol. The molecule has 0 saturated carbocycles. The predicted octanol–water partition coefficient (Wildman–Crippen LogP) is 3.49. The fourth-order valence-corrected chi connectivity index (χ4v) is 4.52. The maximum Gasteiger partial charge on any atom is 0.326 e. The number of halogens is 1. The third-order valence-electron chi connectivity index (χ3n) is 3.46. The van der Waals surface area contributed by atoms with Crippen LogP contribution >= 0.6 is 34.7 Å². The second kappa shape index (κ2) is 8.06. The van der Waals surface area contributed by atoms with E-state index in [1.165, 1.54) is 23.1 Å². The number of rotatable bonds is 5. The van der Waals surface area contributed by atoms with Crippen LogP contribution in [-0.2, 0) is 15.3 Å². The number of amides is 1. The minimum absolute atomic E-state index is 0.0723. The second-order valence-corrected chi connectivity index (χ2v) is 7.77. The zero-order valence-corrected chi connectivity index (χ0v) is 14.0. The maximum absolute atomic E-state index is 12.3. The minimum atomic E-state index is -0.889. The van der Waals surface area contributed by atoms with Gasteiger partial charge in [-0.2, -0.15) is 0 Å². The first kappa shape index (κ1) is 16.6. The van der Waals surface area contributed by atoms with Crippen LogP contribution in [0.1, 0.15) is 30.6 Å². The molecule has 1 aliphatic heterocycles. The molecule has 7 heteroatoms. The summed E-state index contributed by atoms with van der Waals surface area (Å²) in [6, 6.07) is 3.15. The van der Waals surface area contributed by atoms with Gasteiger partial charge in [-0.3, -0.25) is 4.79 Å². The van der Waals surface area contributed by atoms with Crippen molar-refractivity contribution in [2.24, 2.45) is 0 Å². The first-order chi connectivity index (χ1) is 10.1. The lowest BCUT2D eigenvalue weighted by Gasteiger charge is -2.26. The highest BCUT2D eigenvalue weighted by atomic mass is 35.5. The molecule has 1 amide bonds. The quantitative estimate of drug-likeness (QED) is 0.885. The van der Waals surface area contributed by atoms with Gasteiger partial charge in [0.25, 0.3) is 0 Å². The summed E-state index contributed by atoms with van der Waals surface area (Å²) in [5.41, 5.74) is 0. The van der Waals surface area contributed by atoms with E-state index in [1.54, 1.807) is 4.90 Å². The zero-order valence-electron chi connectivity index (χ0n) is 11.6. The van der Waals surface area contributed by atoms with Gasteiger partial charge in [0.15, 0.2) is 0 Å². The highest BCUT2D eigenvalue weighted by Crippen LogP contribution is 2.26. The molecule has 116 valence electrons. The molecule has 2 rings (SSSR count). The van der Waals surface area contributed by atoms with Gasteiger partial charge >= 0.3 is 5.97 Å². The Kier molecular flexibility index (Phi) is 6.39. The van der Waals surface area contributed by atoms with E-state index in [-0.39, 0.29) is 5.91 Å². The highest BCUT2D eigenvalue weighted by molar-refractivity contribution is 7.99. The molecule has 1 saturated heterocycles. The summed E-state index contributed by atoms with van der Waals surface area (Å²) in [4.78, 5) is 26.3. The lowest BCUT2D eigenvalue weighted by molar-refractivity contribution is -0.149. The van der Waals surface area contributed by atoms with Crippen LogP contribution in [0.4, 0.5) is 0 Å². The zero-order chi connectivity index (χ0) is 15.2. The molecule has 2 heterocycles. The number of carbonyl (C=O) groups is 2. The Hall–Kier alpha value is -0.720. The normalized spacial score (nSPS) is 19.3. The van der Waals surface area contributed by atoms with Gasteiger partial charge in [-0.25, -0.2) is 4.79 Å². The molecular weight excluding hydrogens is 330 g/mol. The Bertz CT molecular complexity index is 506. The molecule has 1 unspecified atom stereocenters. The molecule has 4 nitrogen and oxygen atoms in total. The third kappa shape index (κ3) is 4.90. The van der Waals surface area contributed by atoms with Crippen LogP contribution in [0.3, 0.4) is 0 Å². The number of thiophene rings is 1. The number of carboxylic acids is 1. The van der Waals surface area contributed by atoms with Crippen LogP contribution in [0.5, 0.6) is 0 Å². The van der Waals surface area contributed by atoms with E-state index in [9.17, 15) is 14.7 Å². The van der Waals surface area contributed by atoms with Gasteiger partial charge in [0, 0.05) is 17.2 Å². The Morgan fingerprint density at radius 1 is 1.38 bits per heavy atom. The molecule has 1 fully saturated rings. The SMILES string of the molecule is O=C(O)C1CCCCCN1C(=O)CSCc1ccc(Cl)s1. The van der Waals surface area contributed by atoms with Crippen molar-refractivity contribution in [1.29, 1.82) is 0 Å². The number of hydrogen-bond acceptors (Lipinski definition) is 4. The van der Waals surface area contributed by atoms with E-state index in [1.807, 2.05) is 12.1 Å². The van der Waals surface area contributed by atoms with E-state index in [2.05, 4.69) is 0 Å². The van der Waals surface area contributed by atoms with Crippen molar-refractivity contribution in [2.45, 2.75) is 37.5 Å². The van der Waals surface area contributed by atoms with Crippen molar-refractivity contribution in [3.05, 3.63) is 21.3 Å². The average molecular weight is 348 g/mol. The van der Waals surface area contributed by atoms with Crippen molar-refractivity contribution in [3.63, 3.8) is 0 Å². The van der Waals surface area contributed by atoms with Gasteiger partial charge in [0.1, 0.15) is 6.04 Å². The maximum atomic E-state index is 12.3. The van der Waals surface area contributed by atoms with Gasteiger partial charge in [-0.15, -0.1) is 23.1 Å². The highest BCUT2D eigenvalue weighted by Gasteiger charge is 2.30. The van der Waals surface area contributed by atoms with Gasteiger partial charge < -0.3 is 10.0 Å². The van der Waals surface area contributed by atoms with E-state index in [0.29, 0.717) is 18.7 Å². The topological polar surface area (TPSA) is 57.6 Å². The Balaban J connectivity index is 1.86.